The van der Waals surface area contributed by atoms with Gasteiger partial charge in [0.25, 0.3) is 0 Å². The van der Waals surface area contributed by atoms with E-state index in [0.29, 0.717) is 18.0 Å². The lowest BCUT2D eigenvalue weighted by atomic mass is 10.1. The Labute approximate surface area is 158 Å². The average Bonchev–Trinajstić information content (AvgIpc) is 2.67. The number of carboxylic acids is 1. The molecule has 7 nitrogen and oxygen atoms in total. The maximum atomic E-state index is 12.0. The molecule has 27 heavy (non-hydrogen) atoms. The number of anilines is 1. The lowest BCUT2D eigenvalue weighted by Crippen LogP contribution is -2.33. The van der Waals surface area contributed by atoms with Crippen LogP contribution in [-0.4, -0.2) is 49.3 Å². The van der Waals surface area contributed by atoms with Gasteiger partial charge >= 0.3 is 12.0 Å². The van der Waals surface area contributed by atoms with Crippen molar-refractivity contribution in [3.8, 4) is 11.5 Å². The van der Waals surface area contributed by atoms with Crippen LogP contribution < -0.4 is 10.1 Å². The molecular weight excluding hydrogens is 348 g/mol. The number of aliphatic carboxylic acids is 1. The van der Waals surface area contributed by atoms with Gasteiger partial charge in [-0.2, -0.15) is 0 Å². The SMILES string of the molecule is COCCc1ccc(Oc2ccc(NC(=O)N(C)CCC(=O)O)cc2)cc1. The lowest BCUT2D eigenvalue weighted by Gasteiger charge is -2.17. The first-order valence-electron chi connectivity index (χ1n) is 8.57. The van der Waals surface area contributed by atoms with Gasteiger partial charge in [0.15, 0.2) is 0 Å². The first-order valence-corrected chi connectivity index (χ1v) is 8.57. The predicted octanol–water partition coefficient (Wildman–Crippen LogP) is 3.61. The van der Waals surface area contributed by atoms with Gasteiger partial charge in [-0.05, 0) is 48.4 Å². The van der Waals surface area contributed by atoms with Crippen molar-refractivity contribution >= 4 is 17.7 Å². The second-order valence-electron chi connectivity index (χ2n) is 6.01. The van der Waals surface area contributed by atoms with E-state index < -0.39 is 5.97 Å². The Bertz CT molecular complexity index is 744. The fourth-order valence-corrected chi connectivity index (χ4v) is 2.27. The Morgan fingerprint density at radius 2 is 1.63 bits per heavy atom. The molecule has 0 unspecified atom stereocenters. The van der Waals surface area contributed by atoms with Crippen molar-refractivity contribution < 1.29 is 24.2 Å². The maximum Gasteiger partial charge on any atom is 0.321 e. The van der Waals surface area contributed by atoms with E-state index in [0.717, 1.165) is 12.2 Å². The van der Waals surface area contributed by atoms with Gasteiger partial charge in [-0.3, -0.25) is 4.79 Å². The van der Waals surface area contributed by atoms with Crippen LogP contribution in [0.4, 0.5) is 10.5 Å². The number of urea groups is 1. The highest BCUT2D eigenvalue weighted by atomic mass is 16.5. The third kappa shape index (κ3) is 6.99. The van der Waals surface area contributed by atoms with E-state index in [4.69, 9.17) is 14.6 Å². The van der Waals surface area contributed by atoms with E-state index in [1.54, 1.807) is 38.4 Å². The quantitative estimate of drug-likeness (QED) is 0.702. The van der Waals surface area contributed by atoms with Crippen molar-refractivity contribution in [3.63, 3.8) is 0 Å². The summed E-state index contributed by atoms with van der Waals surface area (Å²) >= 11 is 0. The molecule has 0 saturated carbocycles. The first-order chi connectivity index (χ1) is 13.0. The van der Waals surface area contributed by atoms with Crippen LogP contribution in [0.15, 0.2) is 48.5 Å². The lowest BCUT2D eigenvalue weighted by molar-refractivity contribution is -0.137. The molecule has 2 N–H and O–H groups in total. The summed E-state index contributed by atoms with van der Waals surface area (Å²) in [5.41, 5.74) is 1.78. The van der Waals surface area contributed by atoms with Crippen molar-refractivity contribution in [2.24, 2.45) is 0 Å². The first kappa shape index (κ1) is 20.3. The molecule has 0 atom stereocenters. The fourth-order valence-electron chi connectivity index (χ4n) is 2.27. The zero-order valence-electron chi connectivity index (χ0n) is 15.5. The number of rotatable bonds is 9. The molecule has 0 fully saturated rings. The molecule has 0 spiro atoms. The minimum Gasteiger partial charge on any atom is -0.481 e. The molecule has 144 valence electrons. The summed E-state index contributed by atoms with van der Waals surface area (Å²) in [7, 11) is 3.23. The average molecular weight is 372 g/mol. The summed E-state index contributed by atoms with van der Waals surface area (Å²) in [6.45, 7) is 0.821. The second kappa shape index (κ2) is 10.2. The molecule has 0 heterocycles. The van der Waals surface area contributed by atoms with E-state index in [9.17, 15) is 9.59 Å². The number of hydrogen-bond donors (Lipinski definition) is 2. The molecule has 0 aliphatic rings. The van der Waals surface area contributed by atoms with Crippen LogP contribution in [0, 0.1) is 0 Å². The predicted molar refractivity (Wildman–Crippen MR) is 102 cm³/mol. The largest absolute Gasteiger partial charge is 0.481 e. The van der Waals surface area contributed by atoms with Crippen molar-refractivity contribution in [2.75, 3.05) is 32.6 Å². The minimum atomic E-state index is -0.942. The number of nitrogens with one attached hydrogen (secondary N) is 1. The summed E-state index contributed by atoms with van der Waals surface area (Å²) in [6.07, 6.45) is 0.757. The molecule has 0 bridgehead atoms. The zero-order chi connectivity index (χ0) is 19.6. The molecule has 0 saturated heterocycles. The van der Waals surface area contributed by atoms with Gasteiger partial charge < -0.3 is 24.8 Å². The summed E-state index contributed by atoms with van der Waals surface area (Å²) in [6, 6.07) is 14.4. The molecule has 2 aromatic carbocycles. The number of carbonyl (C=O) groups excluding carboxylic acids is 1. The second-order valence-corrected chi connectivity index (χ2v) is 6.01. The van der Waals surface area contributed by atoms with Gasteiger partial charge in [-0.25, -0.2) is 4.79 Å². The number of benzene rings is 2. The van der Waals surface area contributed by atoms with Crippen LogP contribution in [0.1, 0.15) is 12.0 Å². The van der Waals surface area contributed by atoms with E-state index in [1.807, 2.05) is 24.3 Å². The normalized spacial score (nSPS) is 10.3. The summed E-state index contributed by atoms with van der Waals surface area (Å²) in [4.78, 5) is 23.9. The smallest absolute Gasteiger partial charge is 0.321 e. The molecule has 7 heteroatoms. The van der Waals surface area contributed by atoms with Crippen LogP contribution in [0.25, 0.3) is 0 Å². The van der Waals surface area contributed by atoms with Crippen molar-refractivity contribution in [1.82, 2.24) is 4.90 Å². The van der Waals surface area contributed by atoms with Gasteiger partial charge in [-0.15, -0.1) is 0 Å². The third-order valence-corrected chi connectivity index (χ3v) is 3.87. The molecule has 0 aliphatic heterocycles. The number of methoxy groups -OCH3 is 1. The van der Waals surface area contributed by atoms with Crippen LogP contribution in [0.5, 0.6) is 11.5 Å². The number of ether oxygens (including phenoxy) is 2. The number of nitrogens with zero attached hydrogens (tertiary/aromatic N) is 1. The van der Waals surface area contributed by atoms with Gasteiger partial charge in [0.2, 0.25) is 0 Å². The van der Waals surface area contributed by atoms with Gasteiger partial charge in [0, 0.05) is 26.4 Å². The molecule has 0 aromatic heterocycles. The molecule has 0 aliphatic carbocycles. The van der Waals surface area contributed by atoms with Crippen LogP contribution in [0.2, 0.25) is 0 Å². The Morgan fingerprint density at radius 3 is 2.19 bits per heavy atom. The van der Waals surface area contributed by atoms with E-state index in [1.165, 1.54) is 10.5 Å². The molecule has 2 rings (SSSR count). The van der Waals surface area contributed by atoms with Crippen LogP contribution in [0.3, 0.4) is 0 Å². The molecule has 2 aromatic rings. The highest BCUT2D eigenvalue weighted by molar-refractivity contribution is 5.89. The minimum absolute atomic E-state index is 0.0963. The van der Waals surface area contributed by atoms with Gasteiger partial charge in [-0.1, -0.05) is 12.1 Å². The topological polar surface area (TPSA) is 88.1 Å². The summed E-state index contributed by atoms with van der Waals surface area (Å²) in [5, 5.41) is 11.4. The monoisotopic (exact) mass is 372 g/mol. The molecule has 2 amide bonds. The Kier molecular flexibility index (Phi) is 7.63. The fraction of sp³-hybridized carbons (Fsp3) is 0.300. The van der Waals surface area contributed by atoms with E-state index in [-0.39, 0.29) is 19.0 Å². The van der Waals surface area contributed by atoms with E-state index in [2.05, 4.69) is 5.32 Å². The zero-order valence-corrected chi connectivity index (χ0v) is 15.5. The Morgan fingerprint density at radius 1 is 1.04 bits per heavy atom. The van der Waals surface area contributed by atoms with Crippen LogP contribution >= 0.6 is 0 Å². The standard InChI is InChI=1S/C20H24N2O5/c1-22(13-11-19(23)24)20(25)21-16-5-9-18(10-6-16)27-17-7-3-15(4-8-17)12-14-26-2/h3-10H,11-14H2,1-2H3,(H,21,25)(H,23,24). The third-order valence-electron chi connectivity index (χ3n) is 3.87. The summed E-state index contributed by atoms with van der Waals surface area (Å²) < 4.78 is 10.8. The Hall–Kier alpha value is -3.06. The molecule has 0 radical (unpaired) electrons. The molecular formula is C20H24N2O5. The Balaban J connectivity index is 1.87. The highest BCUT2D eigenvalue weighted by Crippen LogP contribution is 2.23. The number of hydrogen-bond acceptors (Lipinski definition) is 4. The highest BCUT2D eigenvalue weighted by Gasteiger charge is 2.10. The maximum absolute atomic E-state index is 12.0. The van der Waals surface area contributed by atoms with Gasteiger partial charge in [0.1, 0.15) is 11.5 Å². The summed E-state index contributed by atoms with van der Waals surface area (Å²) in [5.74, 6) is 0.432. The van der Waals surface area contributed by atoms with E-state index >= 15 is 0 Å². The number of carbonyl (C=O) groups is 2. The van der Waals surface area contributed by atoms with Crippen LogP contribution in [-0.2, 0) is 16.0 Å². The number of amides is 2. The van der Waals surface area contributed by atoms with Crippen molar-refractivity contribution in [1.29, 1.82) is 0 Å². The van der Waals surface area contributed by atoms with Crippen molar-refractivity contribution in [2.45, 2.75) is 12.8 Å². The van der Waals surface area contributed by atoms with Crippen molar-refractivity contribution in [3.05, 3.63) is 54.1 Å². The number of carboxylic acid groups (broad SMARTS) is 1. The van der Waals surface area contributed by atoms with Gasteiger partial charge in [0.05, 0.1) is 13.0 Å².